The second-order valence-electron chi connectivity index (χ2n) is 5.23. The molecule has 0 radical (unpaired) electrons. The van der Waals surface area contributed by atoms with E-state index < -0.39 is 6.04 Å². The zero-order chi connectivity index (χ0) is 15.8. The summed E-state index contributed by atoms with van der Waals surface area (Å²) in [5.74, 6) is -0.0454. The molecule has 0 saturated carbocycles. The van der Waals surface area contributed by atoms with Crippen molar-refractivity contribution in [2.24, 2.45) is 11.7 Å². The van der Waals surface area contributed by atoms with Crippen LogP contribution in [0.2, 0.25) is 0 Å². The molecule has 4 N–H and O–H groups in total. The molecule has 0 aliphatic carbocycles. The molecule has 2 atom stereocenters. The van der Waals surface area contributed by atoms with Gasteiger partial charge in [0, 0.05) is 12.2 Å². The highest BCUT2D eigenvalue weighted by molar-refractivity contribution is 5.94. The van der Waals surface area contributed by atoms with Gasteiger partial charge in [-0.1, -0.05) is 32.4 Å². The molecular formula is C16H25N3O2. The maximum absolute atomic E-state index is 12.0. The summed E-state index contributed by atoms with van der Waals surface area (Å²) >= 11 is 0. The number of carbonyl (C=O) groups excluding carboxylic acids is 2. The molecule has 2 amide bonds. The Labute approximate surface area is 126 Å². The van der Waals surface area contributed by atoms with Gasteiger partial charge in [-0.2, -0.15) is 0 Å². The molecule has 0 unspecified atom stereocenters. The summed E-state index contributed by atoms with van der Waals surface area (Å²) in [6.07, 6.45) is 1.20. The average molecular weight is 291 g/mol. The van der Waals surface area contributed by atoms with Crippen LogP contribution in [-0.2, 0) is 16.0 Å². The van der Waals surface area contributed by atoms with Gasteiger partial charge in [0.2, 0.25) is 11.8 Å². The molecule has 116 valence electrons. The Morgan fingerprint density at radius 1 is 1.19 bits per heavy atom. The SMILES string of the molecule is CCNC(=O)Cc1ccc(NC(=O)[C@@H](N)[C@@H](C)CC)cc1. The second kappa shape index (κ2) is 8.42. The number of rotatable bonds is 7. The Balaban J connectivity index is 2.58. The second-order valence-corrected chi connectivity index (χ2v) is 5.23. The third-order valence-electron chi connectivity index (χ3n) is 3.52. The highest BCUT2D eigenvalue weighted by Gasteiger charge is 2.19. The normalized spacial score (nSPS) is 13.3. The van der Waals surface area contributed by atoms with Crippen molar-refractivity contribution < 1.29 is 9.59 Å². The Kier molecular flexibility index (Phi) is 6.88. The summed E-state index contributed by atoms with van der Waals surface area (Å²) in [6, 6.07) is 6.73. The van der Waals surface area contributed by atoms with Gasteiger partial charge in [-0.25, -0.2) is 0 Å². The summed E-state index contributed by atoms with van der Waals surface area (Å²) in [5, 5.41) is 5.55. The molecule has 0 aliphatic heterocycles. The van der Waals surface area contributed by atoms with Crippen molar-refractivity contribution in [1.82, 2.24) is 5.32 Å². The van der Waals surface area contributed by atoms with Crippen LogP contribution in [0.25, 0.3) is 0 Å². The quantitative estimate of drug-likeness (QED) is 0.714. The number of carbonyl (C=O) groups is 2. The smallest absolute Gasteiger partial charge is 0.241 e. The van der Waals surface area contributed by atoms with Gasteiger partial charge in [-0.3, -0.25) is 9.59 Å². The molecule has 0 aliphatic rings. The zero-order valence-electron chi connectivity index (χ0n) is 13.0. The van der Waals surface area contributed by atoms with Gasteiger partial charge in [0.05, 0.1) is 12.5 Å². The first-order valence-corrected chi connectivity index (χ1v) is 7.40. The van der Waals surface area contributed by atoms with Crippen molar-refractivity contribution in [2.75, 3.05) is 11.9 Å². The van der Waals surface area contributed by atoms with E-state index in [9.17, 15) is 9.59 Å². The van der Waals surface area contributed by atoms with E-state index in [0.29, 0.717) is 18.7 Å². The van der Waals surface area contributed by atoms with Gasteiger partial charge in [-0.05, 0) is 30.5 Å². The molecule has 1 aromatic carbocycles. The van der Waals surface area contributed by atoms with E-state index in [1.165, 1.54) is 0 Å². The predicted octanol–water partition coefficient (Wildman–Crippen LogP) is 1.68. The molecule has 21 heavy (non-hydrogen) atoms. The lowest BCUT2D eigenvalue weighted by atomic mass is 9.99. The first kappa shape index (κ1) is 17.2. The summed E-state index contributed by atoms with van der Waals surface area (Å²) in [4.78, 5) is 23.4. The first-order chi connectivity index (χ1) is 9.97. The molecule has 0 bridgehead atoms. The summed E-state index contributed by atoms with van der Waals surface area (Å²) in [7, 11) is 0. The molecule has 1 aromatic rings. The maximum atomic E-state index is 12.0. The van der Waals surface area contributed by atoms with E-state index >= 15 is 0 Å². The molecule has 1 rings (SSSR count). The van der Waals surface area contributed by atoms with Crippen molar-refractivity contribution in [3.63, 3.8) is 0 Å². The summed E-state index contributed by atoms with van der Waals surface area (Å²) in [6.45, 7) is 6.48. The molecule has 0 heterocycles. The third kappa shape index (κ3) is 5.55. The maximum Gasteiger partial charge on any atom is 0.241 e. The largest absolute Gasteiger partial charge is 0.356 e. The molecule has 0 saturated heterocycles. The van der Waals surface area contributed by atoms with E-state index in [1.807, 2.05) is 32.9 Å². The van der Waals surface area contributed by atoms with Crippen LogP contribution in [0.3, 0.4) is 0 Å². The fourth-order valence-electron chi connectivity index (χ4n) is 1.89. The van der Waals surface area contributed by atoms with Gasteiger partial charge in [0.15, 0.2) is 0 Å². The van der Waals surface area contributed by atoms with Gasteiger partial charge in [-0.15, -0.1) is 0 Å². The van der Waals surface area contributed by atoms with Crippen molar-refractivity contribution in [3.05, 3.63) is 29.8 Å². The third-order valence-corrected chi connectivity index (χ3v) is 3.52. The van der Waals surface area contributed by atoms with Gasteiger partial charge in [0.1, 0.15) is 0 Å². The number of amides is 2. The van der Waals surface area contributed by atoms with Crippen LogP contribution in [0.4, 0.5) is 5.69 Å². The molecule has 5 nitrogen and oxygen atoms in total. The standard InChI is InChI=1S/C16H25N3O2/c1-4-11(3)15(17)16(21)19-13-8-6-12(7-9-13)10-14(20)18-5-2/h6-9,11,15H,4-5,10,17H2,1-3H3,(H,18,20)(H,19,21)/t11-,15-/m0/s1. The molecule has 5 heteroatoms. The fraction of sp³-hybridized carbons (Fsp3) is 0.500. The monoisotopic (exact) mass is 291 g/mol. The van der Waals surface area contributed by atoms with Crippen LogP contribution >= 0.6 is 0 Å². The van der Waals surface area contributed by atoms with Crippen LogP contribution in [0, 0.1) is 5.92 Å². The topological polar surface area (TPSA) is 84.2 Å². The number of nitrogens with one attached hydrogen (secondary N) is 2. The van der Waals surface area contributed by atoms with E-state index in [2.05, 4.69) is 10.6 Å². The number of benzene rings is 1. The minimum absolute atomic E-state index is 0.00641. The average Bonchev–Trinajstić information content (AvgIpc) is 2.47. The lowest BCUT2D eigenvalue weighted by Gasteiger charge is -2.17. The molecule has 0 fully saturated rings. The van der Waals surface area contributed by atoms with Crippen molar-refractivity contribution in [1.29, 1.82) is 0 Å². The van der Waals surface area contributed by atoms with Crippen molar-refractivity contribution >= 4 is 17.5 Å². The Bertz CT molecular complexity index is 471. The Hall–Kier alpha value is -1.88. The van der Waals surface area contributed by atoms with Gasteiger partial charge >= 0.3 is 0 Å². The lowest BCUT2D eigenvalue weighted by Crippen LogP contribution is -2.40. The van der Waals surface area contributed by atoms with E-state index in [0.717, 1.165) is 12.0 Å². The molecular weight excluding hydrogens is 266 g/mol. The van der Waals surface area contributed by atoms with Crippen LogP contribution in [0.1, 0.15) is 32.8 Å². The molecule has 0 aromatic heterocycles. The first-order valence-electron chi connectivity index (χ1n) is 7.40. The number of anilines is 1. The minimum Gasteiger partial charge on any atom is -0.356 e. The summed E-state index contributed by atoms with van der Waals surface area (Å²) in [5.41, 5.74) is 7.48. The van der Waals surface area contributed by atoms with Crippen LogP contribution < -0.4 is 16.4 Å². The Morgan fingerprint density at radius 3 is 2.33 bits per heavy atom. The zero-order valence-corrected chi connectivity index (χ0v) is 13.0. The van der Waals surface area contributed by atoms with Crippen LogP contribution in [0.5, 0.6) is 0 Å². The predicted molar refractivity (Wildman–Crippen MR) is 84.9 cm³/mol. The fourth-order valence-corrected chi connectivity index (χ4v) is 1.89. The summed E-state index contributed by atoms with van der Waals surface area (Å²) < 4.78 is 0. The lowest BCUT2D eigenvalue weighted by molar-refractivity contribution is -0.120. The van der Waals surface area contributed by atoms with Crippen LogP contribution in [0.15, 0.2) is 24.3 Å². The number of nitrogens with two attached hydrogens (primary N) is 1. The van der Waals surface area contributed by atoms with Gasteiger partial charge in [0.25, 0.3) is 0 Å². The van der Waals surface area contributed by atoms with E-state index in [1.54, 1.807) is 12.1 Å². The number of hydrogen-bond acceptors (Lipinski definition) is 3. The number of likely N-dealkylation sites (N-methyl/N-ethyl adjacent to an activating group) is 1. The van der Waals surface area contributed by atoms with Gasteiger partial charge < -0.3 is 16.4 Å². The highest BCUT2D eigenvalue weighted by Crippen LogP contribution is 2.12. The van der Waals surface area contributed by atoms with E-state index in [-0.39, 0.29) is 17.7 Å². The molecule has 0 spiro atoms. The number of hydrogen-bond donors (Lipinski definition) is 3. The highest BCUT2D eigenvalue weighted by atomic mass is 16.2. The Morgan fingerprint density at radius 2 is 1.81 bits per heavy atom. The minimum atomic E-state index is -0.509. The van der Waals surface area contributed by atoms with E-state index in [4.69, 9.17) is 5.73 Å². The van der Waals surface area contributed by atoms with Crippen molar-refractivity contribution in [2.45, 2.75) is 39.7 Å². The van der Waals surface area contributed by atoms with Crippen LogP contribution in [-0.4, -0.2) is 24.4 Å². The van der Waals surface area contributed by atoms with Crippen molar-refractivity contribution in [3.8, 4) is 0 Å².